The van der Waals surface area contributed by atoms with E-state index in [-0.39, 0.29) is 6.03 Å². The summed E-state index contributed by atoms with van der Waals surface area (Å²) in [5, 5.41) is 6.17. The van der Waals surface area contributed by atoms with Crippen molar-refractivity contribution in [2.75, 3.05) is 17.6 Å². The first-order chi connectivity index (χ1) is 9.74. The van der Waals surface area contributed by atoms with Crippen molar-refractivity contribution in [2.24, 2.45) is 0 Å². The number of furan rings is 1. The van der Waals surface area contributed by atoms with Gasteiger partial charge >= 0.3 is 6.03 Å². The van der Waals surface area contributed by atoms with Crippen LogP contribution in [-0.4, -0.2) is 18.3 Å². The van der Waals surface area contributed by atoms with E-state index in [9.17, 15) is 4.79 Å². The van der Waals surface area contributed by atoms with Crippen LogP contribution in [0.5, 0.6) is 0 Å². The predicted molar refractivity (Wildman–Crippen MR) is 83.3 cm³/mol. The summed E-state index contributed by atoms with van der Waals surface area (Å²) in [6.07, 6.45) is 1.66. The Bertz CT molecular complexity index is 529. The zero-order valence-electron chi connectivity index (χ0n) is 10.8. The molecule has 0 spiro atoms. The molecule has 2 rings (SSSR count). The highest BCUT2D eigenvalue weighted by Crippen LogP contribution is 2.13. The molecule has 1 aromatic carbocycles. The summed E-state index contributed by atoms with van der Waals surface area (Å²) in [7, 11) is 0. The van der Waals surface area contributed by atoms with Crippen LogP contribution in [0.25, 0.3) is 0 Å². The molecule has 0 fully saturated rings. The molecule has 0 unspecified atom stereocenters. The number of hydrogen-bond donors (Lipinski definition) is 2. The van der Waals surface area contributed by atoms with Gasteiger partial charge in [0, 0.05) is 23.0 Å². The minimum atomic E-state index is -0.217. The van der Waals surface area contributed by atoms with Crippen molar-refractivity contribution in [2.45, 2.75) is 5.75 Å². The summed E-state index contributed by atoms with van der Waals surface area (Å²) in [4.78, 5) is 11.6. The Balaban J connectivity index is 1.59. The molecule has 0 aliphatic rings. The number of nitrogens with one attached hydrogen (secondary N) is 2. The molecule has 106 valence electrons. The van der Waals surface area contributed by atoms with Crippen molar-refractivity contribution in [3.63, 3.8) is 0 Å². The Hall–Kier alpha value is -1.59. The zero-order valence-corrected chi connectivity index (χ0v) is 12.3. The lowest BCUT2D eigenvalue weighted by Crippen LogP contribution is -2.30. The molecule has 1 aromatic heterocycles. The molecule has 0 radical (unpaired) electrons. The monoisotopic (exact) mass is 310 g/mol. The fourth-order valence-corrected chi connectivity index (χ4v) is 2.39. The molecule has 0 aliphatic carbocycles. The minimum absolute atomic E-state index is 0.217. The molecular formula is C14H15ClN2O2S. The second-order valence-corrected chi connectivity index (χ2v) is 5.56. The first-order valence-corrected chi connectivity index (χ1v) is 7.68. The van der Waals surface area contributed by atoms with Crippen molar-refractivity contribution in [3.05, 3.63) is 53.4 Å². The zero-order chi connectivity index (χ0) is 14.2. The summed E-state index contributed by atoms with van der Waals surface area (Å²) >= 11 is 7.48. The number of rotatable bonds is 6. The molecule has 2 aromatic rings. The van der Waals surface area contributed by atoms with Gasteiger partial charge in [-0.3, -0.25) is 0 Å². The standard InChI is InChI=1S/C14H15ClN2O2S/c15-11-3-5-12(6-4-11)17-14(18)16-7-9-20-10-13-2-1-8-19-13/h1-6,8H,7,9-10H2,(H2,16,17,18). The van der Waals surface area contributed by atoms with Crippen molar-refractivity contribution in [1.82, 2.24) is 5.32 Å². The van der Waals surface area contributed by atoms with Crippen LogP contribution in [0.15, 0.2) is 47.1 Å². The maximum absolute atomic E-state index is 11.6. The van der Waals surface area contributed by atoms with Crippen molar-refractivity contribution in [1.29, 1.82) is 0 Å². The van der Waals surface area contributed by atoms with Gasteiger partial charge in [0.05, 0.1) is 12.0 Å². The number of benzene rings is 1. The lowest BCUT2D eigenvalue weighted by molar-refractivity contribution is 0.252. The van der Waals surface area contributed by atoms with Gasteiger partial charge in [-0.25, -0.2) is 4.79 Å². The van der Waals surface area contributed by atoms with Gasteiger partial charge in [-0.2, -0.15) is 11.8 Å². The highest BCUT2D eigenvalue weighted by atomic mass is 35.5. The van der Waals surface area contributed by atoms with E-state index in [0.717, 1.165) is 23.0 Å². The predicted octanol–water partition coefficient (Wildman–Crippen LogP) is 3.99. The van der Waals surface area contributed by atoms with Crippen molar-refractivity contribution >= 4 is 35.1 Å². The Morgan fingerprint density at radius 3 is 2.75 bits per heavy atom. The van der Waals surface area contributed by atoms with Crippen molar-refractivity contribution in [3.8, 4) is 0 Å². The minimum Gasteiger partial charge on any atom is -0.468 e. The molecule has 6 heteroatoms. The van der Waals surface area contributed by atoms with E-state index in [1.807, 2.05) is 12.1 Å². The van der Waals surface area contributed by atoms with Gasteiger partial charge in [-0.15, -0.1) is 0 Å². The normalized spacial score (nSPS) is 10.2. The van der Waals surface area contributed by atoms with E-state index in [4.69, 9.17) is 16.0 Å². The molecule has 0 atom stereocenters. The maximum atomic E-state index is 11.6. The van der Waals surface area contributed by atoms with Crippen LogP contribution in [0.3, 0.4) is 0 Å². The van der Waals surface area contributed by atoms with E-state index in [0.29, 0.717) is 11.6 Å². The average molecular weight is 311 g/mol. The topological polar surface area (TPSA) is 54.3 Å². The second kappa shape index (κ2) is 7.87. The van der Waals surface area contributed by atoms with Crippen LogP contribution in [0.4, 0.5) is 10.5 Å². The van der Waals surface area contributed by atoms with Gasteiger partial charge in [0.1, 0.15) is 5.76 Å². The van der Waals surface area contributed by atoms with Crippen LogP contribution >= 0.6 is 23.4 Å². The number of carbonyl (C=O) groups is 1. The molecule has 4 nitrogen and oxygen atoms in total. The summed E-state index contributed by atoms with van der Waals surface area (Å²) in [6.45, 7) is 0.602. The Morgan fingerprint density at radius 2 is 2.05 bits per heavy atom. The van der Waals surface area contributed by atoms with Crippen LogP contribution in [0, 0.1) is 0 Å². The summed E-state index contributed by atoms with van der Waals surface area (Å²) in [6, 6.07) is 10.6. The Morgan fingerprint density at radius 1 is 1.25 bits per heavy atom. The third kappa shape index (κ3) is 5.19. The third-order valence-corrected chi connectivity index (χ3v) is 3.69. The number of thioether (sulfide) groups is 1. The highest BCUT2D eigenvalue weighted by molar-refractivity contribution is 7.98. The SMILES string of the molecule is O=C(NCCSCc1ccco1)Nc1ccc(Cl)cc1. The van der Waals surface area contributed by atoms with E-state index in [2.05, 4.69) is 10.6 Å². The number of urea groups is 1. The Labute approximate surface area is 126 Å². The van der Waals surface area contributed by atoms with Crippen LogP contribution in [-0.2, 0) is 5.75 Å². The first kappa shape index (κ1) is 14.8. The molecule has 20 heavy (non-hydrogen) atoms. The summed E-state index contributed by atoms with van der Waals surface area (Å²) in [5.74, 6) is 2.59. The van der Waals surface area contributed by atoms with Crippen LogP contribution in [0.1, 0.15) is 5.76 Å². The lowest BCUT2D eigenvalue weighted by Gasteiger charge is -2.07. The van der Waals surface area contributed by atoms with E-state index < -0.39 is 0 Å². The lowest BCUT2D eigenvalue weighted by atomic mass is 10.3. The van der Waals surface area contributed by atoms with Crippen molar-refractivity contribution < 1.29 is 9.21 Å². The van der Waals surface area contributed by atoms with Gasteiger partial charge in [0.2, 0.25) is 0 Å². The highest BCUT2D eigenvalue weighted by Gasteiger charge is 2.01. The number of halogens is 1. The molecule has 0 saturated heterocycles. The van der Waals surface area contributed by atoms with E-state index in [1.165, 1.54) is 0 Å². The summed E-state index contributed by atoms with van der Waals surface area (Å²) < 4.78 is 5.22. The second-order valence-electron chi connectivity index (χ2n) is 4.02. The van der Waals surface area contributed by atoms with Gasteiger partial charge < -0.3 is 15.1 Å². The molecule has 2 amide bonds. The maximum Gasteiger partial charge on any atom is 0.319 e. The van der Waals surface area contributed by atoms with E-state index in [1.54, 1.807) is 42.3 Å². The number of hydrogen-bond acceptors (Lipinski definition) is 3. The molecule has 2 N–H and O–H groups in total. The molecular weight excluding hydrogens is 296 g/mol. The summed E-state index contributed by atoms with van der Waals surface area (Å²) in [5.41, 5.74) is 0.718. The molecule has 1 heterocycles. The molecule has 0 bridgehead atoms. The average Bonchev–Trinajstić information content (AvgIpc) is 2.94. The molecule has 0 aliphatic heterocycles. The van der Waals surface area contributed by atoms with Gasteiger partial charge in [0.15, 0.2) is 0 Å². The number of amides is 2. The largest absolute Gasteiger partial charge is 0.468 e. The van der Waals surface area contributed by atoms with Gasteiger partial charge in [0.25, 0.3) is 0 Å². The number of anilines is 1. The van der Waals surface area contributed by atoms with Gasteiger partial charge in [-0.05, 0) is 36.4 Å². The smallest absolute Gasteiger partial charge is 0.319 e. The van der Waals surface area contributed by atoms with E-state index >= 15 is 0 Å². The fourth-order valence-electron chi connectivity index (χ4n) is 1.51. The quantitative estimate of drug-likeness (QED) is 0.793. The molecule has 0 saturated carbocycles. The third-order valence-electron chi connectivity index (χ3n) is 2.46. The van der Waals surface area contributed by atoms with Gasteiger partial charge in [-0.1, -0.05) is 11.6 Å². The first-order valence-electron chi connectivity index (χ1n) is 6.14. The fraction of sp³-hybridized carbons (Fsp3) is 0.214. The Kier molecular flexibility index (Phi) is 5.83. The van der Waals surface area contributed by atoms with Crippen LogP contribution < -0.4 is 10.6 Å². The number of carbonyl (C=O) groups excluding carboxylic acids is 1. The van der Waals surface area contributed by atoms with Crippen LogP contribution in [0.2, 0.25) is 5.02 Å².